The van der Waals surface area contributed by atoms with Gasteiger partial charge >= 0.3 is 0 Å². The molecule has 2 aliphatic rings. The van der Waals surface area contributed by atoms with Crippen molar-refractivity contribution in [2.75, 3.05) is 6.79 Å². The molecule has 170 valence electrons. The van der Waals surface area contributed by atoms with E-state index < -0.39 is 36.3 Å². The first-order valence-corrected chi connectivity index (χ1v) is 9.73. The van der Waals surface area contributed by atoms with Crippen LogP contribution in [0.5, 0.6) is 11.5 Å². The third-order valence-corrected chi connectivity index (χ3v) is 5.47. The van der Waals surface area contributed by atoms with Gasteiger partial charge in [-0.3, -0.25) is 10.2 Å². The summed E-state index contributed by atoms with van der Waals surface area (Å²) in [6.07, 6.45) is -6.95. The summed E-state index contributed by atoms with van der Waals surface area (Å²) in [7, 11) is 0. The van der Waals surface area contributed by atoms with Crippen LogP contribution in [-0.2, 0) is 0 Å². The molecule has 11 heteroatoms. The van der Waals surface area contributed by atoms with Gasteiger partial charge in [0.05, 0.1) is 23.2 Å². The molecule has 0 radical (unpaired) electrons. The van der Waals surface area contributed by atoms with Gasteiger partial charge in [0.2, 0.25) is 12.5 Å². The minimum absolute atomic E-state index is 0.0570. The fourth-order valence-corrected chi connectivity index (χ4v) is 3.80. The number of hydrogen-bond acceptors (Lipinski definition) is 6. The Hall–Kier alpha value is -3.86. The highest BCUT2D eigenvalue weighted by Gasteiger charge is 2.53. The summed E-state index contributed by atoms with van der Waals surface area (Å²) in [6.45, 7) is 0.0570. The van der Waals surface area contributed by atoms with E-state index in [1.54, 1.807) is 42.5 Å². The fraction of sp³-hybridized carbons (Fsp3) is 0.182. The third kappa shape index (κ3) is 3.41. The molecule has 0 aliphatic carbocycles. The summed E-state index contributed by atoms with van der Waals surface area (Å²) in [5.74, 6) is -0.113. The number of halogens is 4. The molecule has 1 atom stereocenters. The van der Waals surface area contributed by atoms with E-state index in [0.29, 0.717) is 33.7 Å². The second-order valence-corrected chi connectivity index (χ2v) is 7.49. The topological polar surface area (TPSA) is 83.9 Å². The van der Waals surface area contributed by atoms with Crippen molar-refractivity contribution >= 4 is 16.8 Å². The molecule has 2 N–H and O–H groups in total. The fourth-order valence-electron chi connectivity index (χ4n) is 3.80. The van der Waals surface area contributed by atoms with Gasteiger partial charge in [-0.25, -0.2) is 18.8 Å². The summed E-state index contributed by atoms with van der Waals surface area (Å²) < 4.78 is 64.3. The molecule has 2 aromatic carbocycles. The van der Waals surface area contributed by atoms with Gasteiger partial charge in [-0.05, 0) is 30.3 Å². The van der Waals surface area contributed by atoms with Crippen LogP contribution in [0, 0.1) is 0 Å². The van der Waals surface area contributed by atoms with Gasteiger partial charge in [0, 0.05) is 10.9 Å². The maximum atomic E-state index is 13.7. The Morgan fingerprint density at radius 2 is 1.88 bits per heavy atom. The largest absolute Gasteiger partial charge is 0.454 e. The maximum absolute atomic E-state index is 13.7. The highest BCUT2D eigenvalue weighted by atomic mass is 19.3. The van der Waals surface area contributed by atoms with Crippen molar-refractivity contribution < 1.29 is 36.9 Å². The van der Waals surface area contributed by atoms with E-state index in [1.807, 2.05) is 5.43 Å². The molecule has 33 heavy (non-hydrogen) atoms. The number of ether oxygens (including phenoxy) is 2. The number of aliphatic hydroxyl groups is 1. The number of benzene rings is 2. The first-order chi connectivity index (χ1) is 15.8. The van der Waals surface area contributed by atoms with Crippen LogP contribution in [0.4, 0.5) is 17.6 Å². The van der Waals surface area contributed by atoms with E-state index in [0.717, 1.165) is 0 Å². The normalized spacial score (nSPS) is 19.3. The van der Waals surface area contributed by atoms with Crippen LogP contribution in [0.1, 0.15) is 16.8 Å². The van der Waals surface area contributed by atoms with Gasteiger partial charge in [-0.15, -0.1) is 0 Å². The number of hydrogen-bond donors (Lipinski definition) is 2. The quantitative estimate of drug-likeness (QED) is 0.573. The van der Waals surface area contributed by atoms with Gasteiger partial charge in [-0.2, -0.15) is 8.78 Å². The van der Waals surface area contributed by atoms with Gasteiger partial charge in [0.25, 0.3) is 18.4 Å². The van der Waals surface area contributed by atoms with E-state index >= 15 is 0 Å². The lowest BCUT2D eigenvalue weighted by Gasteiger charge is -2.31. The van der Waals surface area contributed by atoms with E-state index in [4.69, 9.17) is 9.47 Å². The Bertz CT molecular complexity index is 1310. The van der Waals surface area contributed by atoms with Crippen LogP contribution in [0.15, 0.2) is 60.3 Å². The zero-order valence-corrected chi connectivity index (χ0v) is 16.7. The minimum Gasteiger partial charge on any atom is -0.454 e. The molecule has 3 heterocycles. The lowest BCUT2D eigenvalue weighted by molar-refractivity contribution is -0.168. The summed E-state index contributed by atoms with van der Waals surface area (Å²) >= 11 is 0. The number of rotatable bonds is 3. The van der Waals surface area contributed by atoms with Gasteiger partial charge in [0.15, 0.2) is 11.5 Å². The van der Waals surface area contributed by atoms with Crippen molar-refractivity contribution in [1.29, 1.82) is 0 Å². The number of nitrogens with one attached hydrogen (secondary N) is 1. The predicted molar refractivity (Wildman–Crippen MR) is 107 cm³/mol. The Morgan fingerprint density at radius 3 is 2.64 bits per heavy atom. The number of aromatic nitrogens is 1. The molecule has 1 unspecified atom stereocenters. The summed E-state index contributed by atoms with van der Waals surface area (Å²) in [4.78, 5) is 17.9. The number of pyridine rings is 1. The molecule has 0 saturated carbocycles. The van der Waals surface area contributed by atoms with Gasteiger partial charge in [0.1, 0.15) is 5.70 Å². The molecular weight excluding hydrogens is 446 g/mol. The number of fused-ring (bicyclic) bond motifs is 2. The molecule has 0 spiro atoms. The van der Waals surface area contributed by atoms with E-state index in [2.05, 4.69) is 4.98 Å². The van der Waals surface area contributed by atoms with Crippen molar-refractivity contribution in [2.24, 2.45) is 0 Å². The molecule has 2 aliphatic heterocycles. The summed E-state index contributed by atoms with van der Waals surface area (Å²) in [5, 5.41) is 10.9. The van der Waals surface area contributed by atoms with Crippen LogP contribution < -0.4 is 14.9 Å². The number of hydrazine groups is 1. The second-order valence-electron chi connectivity index (χ2n) is 7.49. The number of alkyl halides is 2. The first-order valence-electron chi connectivity index (χ1n) is 9.73. The second kappa shape index (κ2) is 7.62. The molecule has 1 amide bonds. The Labute approximate surface area is 183 Å². The van der Waals surface area contributed by atoms with E-state index in [1.165, 1.54) is 6.07 Å². The standard InChI is InChI=1S/C22H15F4N3O4/c23-19(24)16-9-22(31,21(25)26)29(28-16)20(30)13-8-15(27-14-4-2-1-3-12(13)14)11-5-6-17-18(7-11)33-10-32-17/h1-8,21,28,31H,9-10H2. The zero-order valence-electron chi connectivity index (χ0n) is 16.7. The third-order valence-electron chi connectivity index (χ3n) is 5.47. The first kappa shape index (κ1) is 21.0. The van der Waals surface area contributed by atoms with E-state index in [-0.39, 0.29) is 17.4 Å². The van der Waals surface area contributed by atoms with Crippen LogP contribution >= 0.6 is 0 Å². The Balaban J connectivity index is 1.64. The van der Waals surface area contributed by atoms with Crippen molar-refractivity contribution in [1.82, 2.24) is 15.4 Å². The van der Waals surface area contributed by atoms with Crippen LogP contribution in [0.25, 0.3) is 22.2 Å². The molecule has 0 bridgehead atoms. The number of para-hydroxylation sites is 1. The molecule has 1 aromatic heterocycles. The number of carbonyl (C=O) groups excluding carboxylic acids is 1. The monoisotopic (exact) mass is 461 g/mol. The Morgan fingerprint density at radius 1 is 1.12 bits per heavy atom. The molecule has 5 rings (SSSR count). The maximum Gasteiger partial charge on any atom is 0.291 e. The van der Waals surface area contributed by atoms with Crippen molar-refractivity contribution in [3.8, 4) is 22.8 Å². The number of nitrogens with zero attached hydrogens (tertiary/aromatic N) is 2. The Kier molecular flexibility index (Phi) is 4.85. The van der Waals surface area contributed by atoms with E-state index in [9.17, 15) is 27.5 Å². The molecular formula is C22H15F4N3O4. The molecule has 1 fully saturated rings. The van der Waals surface area contributed by atoms with Crippen molar-refractivity contribution in [3.63, 3.8) is 0 Å². The molecule has 7 nitrogen and oxygen atoms in total. The van der Waals surface area contributed by atoms with Crippen molar-refractivity contribution in [3.05, 3.63) is 65.9 Å². The minimum atomic E-state index is -3.51. The predicted octanol–water partition coefficient (Wildman–Crippen LogP) is 4.04. The number of amides is 1. The van der Waals surface area contributed by atoms with Crippen LogP contribution in [0.3, 0.4) is 0 Å². The van der Waals surface area contributed by atoms with Crippen LogP contribution in [0.2, 0.25) is 0 Å². The average Bonchev–Trinajstić information content (AvgIpc) is 3.42. The highest BCUT2D eigenvalue weighted by Crippen LogP contribution is 2.38. The smallest absolute Gasteiger partial charge is 0.291 e. The lowest BCUT2D eigenvalue weighted by Crippen LogP contribution is -2.55. The average molecular weight is 461 g/mol. The SMILES string of the molecule is O=C(c1cc(-c2ccc3c(c2)OCO3)nc2ccccc12)N1NC(=C(F)F)CC1(O)C(F)F. The van der Waals surface area contributed by atoms with Crippen molar-refractivity contribution in [2.45, 2.75) is 18.6 Å². The summed E-state index contributed by atoms with van der Waals surface area (Å²) in [5.41, 5.74) is -1.06. The zero-order chi connectivity index (χ0) is 23.3. The molecule has 1 saturated heterocycles. The van der Waals surface area contributed by atoms with Crippen LogP contribution in [-0.4, -0.2) is 39.9 Å². The molecule has 3 aromatic rings. The summed E-state index contributed by atoms with van der Waals surface area (Å²) in [6, 6.07) is 12.8. The highest BCUT2D eigenvalue weighted by molar-refractivity contribution is 6.07. The van der Waals surface area contributed by atoms with Gasteiger partial charge in [-0.1, -0.05) is 18.2 Å². The lowest BCUT2D eigenvalue weighted by atomic mass is 10.0. The van der Waals surface area contributed by atoms with Gasteiger partial charge < -0.3 is 14.6 Å². The number of carbonyl (C=O) groups is 1.